The van der Waals surface area contributed by atoms with E-state index >= 15 is 0 Å². The van der Waals surface area contributed by atoms with Gasteiger partial charge in [-0.1, -0.05) is 0 Å². The Morgan fingerprint density at radius 1 is 1.26 bits per heavy atom. The van der Waals surface area contributed by atoms with E-state index in [9.17, 15) is 4.39 Å². The van der Waals surface area contributed by atoms with Gasteiger partial charge in [-0.3, -0.25) is 0 Å². The molecule has 1 unspecified atom stereocenters. The van der Waals surface area contributed by atoms with Gasteiger partial charge in [-0.2, -0.15) is 0 Å². The van der Waals surface area contributed by atoms with E-state index in [0.29, 0.717) is 0 Å². The van der Waals surface area contributed by atoms with Crippen molar-refractivity contribution >= 4 is 17.0 Å². The van der Waals surface area contributed by atoms with Crippen molar-refractivity contribution in [3.8, 4) is 5.75 Å². The second-order valence-corrected chi connectivity index (χ2v) is 6.04. The third kappa shape index (κ3) is 3.07. The number of rotatable bonds is 4. The molecule has 102 valence electrons. The zero-order chi connectivity index (χ0) is 14.0. The molecule has 0 bridgehead atoms. The van der Waals surface area contributed by atoms with Gasteiger partial charge < -0.3 is 10.1 Å². The van der Waals surface area contributed by atoms with E-state index in [1.54, 1.807) is 23.5 Å². The molecule has 0 saturated carbocycles. The highest BCUT2D eigenvalue weighted by atomic mass is 32.1. The third-order valence-corrected chi connectivity index (χ3v) is 4.06. The predicted molar refractivity (Wildman–Crippen MR) is 78.8 cm³/mol. The van der Waals surface area contributed by atoms with Crippen LogP contribution in [-0.2, 0) is 0 Å². The molecule has 0 aliphatic carbocycles. The first-order chi connectivity index (χ1) is 9.01. The Morgan fingerprint density at radius 2 is 2.00 bits per heavy atom. The molecule has 0 spiro atoms. The van der Waals surface area contributed by atoms with Gasteiger partial charge in [-0.25, -0.2) is 4.39 Å². The fourth-order valence-corrected chi connectivity index (χ4v) is 3.18. The fraction of sp³-hybridized carbons (Fsp3) is 0.333. The Kier molecular flexibility index (Phi) is 4.10. The largest absolute Gasteiger partial charge is 0.494 e. The summed E-state index contributed by atoms with van der Waals surface area (Å²) in [5.74, 6) is -0.0846. The van der Waals surface area contributed by atoms with Gasteiger partial charge in [0, 0.05) is 27.5 Å². The van der Waals surface area contributed by atoms with Gasteiger partial charge in [0.05, 0.1) is 7.11 Å². The smallest absolute Gasteiger partial charge is 0.165 e. The molecule has 0 aliphatic heterocycles. The predicted octanol–water partition coefficient (Wildman–Crippen LogP) is 4.69. The van der Waals surface area contributed by atoms with Crippen LogP contribution in [0, 0.1) is 19.7 Å². The van der Waals surface area contributed by atoms with Crippen LogP contribution in [-0.4, -0.2) is 7.11 Å². The lowest BCUT2D eigenvalue weighted by Gasteiger charge is -2.16. The molecule has 1 heterocycles. The highest BCUT2D eigenvalue weighted by molar-refractivity contribution is 7.12. The number of nitrogens with one attached hydrogen (secondary N) is 1. The summed E-state index contributed by atoms with van der Waals surface area (Å²) in [6, 6.07) is 7.20. The molecule has 1 atom stereocenters. The van der Waals surface area contributed by atoms with Crippen molar-refractivity contribution in [2.45, 2.75) is 26.8 Å². The molecule has 1 N–H and O–H groups in total. The van der Waals surface area contributed by atoms with Gasteiger partial charge in [0.25, 0.3) is 0 Å². The van der Waals surface area contributed by atoms with E-state index in [4.69, 9.17) is 4.74 Å². The highest BCUT2D eigenvalue weighted by Crippen LogP contribution is 2.30. The standard InChI is InChI=1S/C15H18FNOS/c1-9-7-13(11(3)19-9)10(2)17-12-5-6-14(16)15(8-12)18-4/h5-8,10,17H,1-4H3. The molecule has 1 aromatic heterocycles. The van der Waals surface area contributed by atoms with E-state index in [-0.39, 0.29) is 17.6 Å². The van der Waals surface area contributed by atoms with Crippen molar-refractivity contribution in [1.29, 1.82) is 0 Å². The van der Waals surface area contributed by atoms with Crippen molar-refractivity contribution in [1.82, 2.24) is 0 Å². The van der Waals surface area contributed by atoms with Crippen LogP contribution >= 0.6 is 11.3 Å². The van der Waals surface area contributed by atoms with E-state index in [2.05, 4.69) is 32.2 Å². The summed E-state index contributed by atoms with van der Waals surface area (Å²) in [5.41, 5.74) is 2.14. The van der Waals surface area contributed by atoms with E-state index in [1.165, 1.54) is 28.5 Å². The number of benzene rings is 1. The van der Waals surface area contributed by atoms with Gasteiger partial charge in [0.15, 0.2) is 11.6 Å². The third-order valence-electron chi connectivity index (χ3n) is 3.08. The van der Waals surface area contributed by atoms with Crippen LogP contribution in [0.4, 0.5) is 10.1 Å². The number of ether oxygens (including phenoxy) is 1. The highest BCUT2D eigenvalue weighted by Gasteiger charge is 2.12. The summed E-state index contributed by atoms with van der Waals surface area (Å²) in [4.78, 5) is 2.62. The number of methoxy groups -OCH3 is 1. The van der Waals surface area contributed by atoms with Gasteiger partial charge in [-0.15, -0.1) is 11.3 Å². The maximum Gasteiger partial charge on any atom is 0.165 e. The van der Waals surface area contributed by atoms with Crippen LogP contribution in [0.2, 0.25) is 0 Å². The summed E-state index contributed by atoms with van der Waals surface area (Å²) in [7, 11) is 1.47. The Labute approximate surface area is 117 Å². The lowest BCUT2D eigenvalue weighted by atomic mass is 10.1. The van der Waals surface area contributed by atoms with Crippen molar-refractivity contribution in [3.63, 3.8) is 0 Å². The lowest BCUT2D eigenvalue weighted by Crippen LogP contribution is -2.07. The van der Waals surface area contributed by atoms with Crippen molar-refractivity contribution in [2.24, 2.45) is 0 Å². The number of aryl methyl sites for hydroxylation is 2. The number of thiophene rings is 1. The molecule has 0 amide bonds. The van der Waals surface area contributed by atoms with Crippen molar-refractivity contribution < 1.29 is 9.13 Å². The Morgan fingerprint density at radius 3 is 2.58 bits per heavy atom. The molecule has 0 radical (unpaired) electrons. The van der Waals surface area contributed by atoms with Gasteiger partial charge in [0.1, 0.15) is 0 Å². The maximum atomic E-state index is 13.3. The summed E-state index contributed by atoms with van der Waals surface area (Å²) in [6.45, 7) is 6.33. The molecule has 2 aromatic rings. The molecule has 0 aliphatic rings. The zero-order valence-corrected chi connectivity index (χ0v) is 12.4. The first kappa shape index (κ1) is 13.9. The summed E-state index contributed by atoms with van der Waals surface area (Å²) >= 11 is 1.79. The molecule has 1 aromatic carbocycles. The molecule has 0 fully saturated rings. The van der Waals surface area contributed by atoms with Crippen molar-refractivity contribution in [3.05, 3.63) is 45.4 Å². The Hall–Kier alpha value is -1.55. The maximum absolute atomic E-state index is 13.3. The first-order valence-corrected chi connectivity index (χ1v) is 7.00. The number of halogens is 1. The molecule has 0 saturated heterocycles. The van der Waals surface area contributed by atoms with Crippen LogP contribution < -0.4 is 10.1 Å². The molecular weight excluding hydrogens is 261 g/mol. The number of hydrogen-bond acceptors (Lipinski definition) is 3. The van der Waals surface area contributed by atoms with Crippen LogP contribution in [0.15, 0.2) is 24.3 Å². The van der Waals surface area contributed by atoms with Gasteiger partial charge in [0.2, 0.25) is 0 Å². The van der Waals surface area contributed by atoms with Crippen LogP contribution in [0.25, 0.3) is 0 Å². The number of hydrogen-bond donors (Lipinski definition) is 1. The molecule has 2 nitrogen and oxygen atoms in total. The van der Waals surface area contributed by atoms with Crippen molar-refractivity contribution in [2.75, 3.05) is 12.4 Å². The SMILES string of the molecule is COc1cc(NC(C)c2cc(C)sc2C)ccc1F. The van der Waals surface area contributed by atoms with Gasteiger partial charge >= 0.3 is 0 Å². The topological polar surface area (TPSA) is 21.3 Å². The minimum atomic E-state index is -0.344. The first-order valence-electron chi connectivity index (χ1n) is 6.18. The van der Waals surface area contributed by atoms with E-state index in [0.717, 1.165) is 5.69 Å². The summed E-state index contributed by atoms with van der Waals surface area (Å²) in [6.07, 6.45) is 0. The van der Waals surface area contributed by atoms with Crippen LogP contribution in [0.1, 0.15) is 28.3 Å². The lowest BCUT2D eigenvalue weighted by molar-refractivity contribution is 0.387. The average Bonchev–Trinajstić information content (AvgIpc) is 2.71. The Bertz CT molecular complexity index is 580. The second-order valence-electron chi connectivity index (χ2n) is 4.58. The summed E-state index contributed by atoms with van der Waals surface area (Å²) in [5, 5.41) is 3.37. The minimum absolute atomic E-state index is 0.181. The summed E-state index contributed by atoms with van der Waals surface area (Å²) < 4.78 is 18.3. The average molecular weight is 279 g/mol. The van der Waals surface area contributed by atoms with Crippen LogP contribution in [0.3, 0.4) is 0 Å². The number of anilines is 1. The molecule has 2 rings (SSSR count). The normalized spacial score (nSPS) is 12.3. The quantitative estimate of drug-likeness (QED) is 0.877. The monoisotopic (exact) mass is 279 g/mol. The van der Waals surface area contributed by atoms with Gasteiger partial charge in [-0.05, 0) is 44.5 Å². The zero-order valence-electron chi connectivity index (χ0n) is 11.6. The fourth-order valence-electron chi connectivity index (χ4n) is 2.16. The van der Waals surface area contributed by atoms with E-state index < -0.39 is 0 Å². The molecule has 4 heteroatoms. The minimum Gasteiger partial charge on any atom is -0.494 e. The molecule has 19 heavy (non-hydrogen) atoms. The van der Waals surface area contributed by atoms with Crippen LogP contribution in [0.5, 0.6) is 5.75 Å². The van der Waals surface area contributed by atoms with E-state index in [1.807, 2.05) is 0 Å². The Balaban J connectivity index is 2.19. The second kappa shape index (κ2) is 5.61. The molecular formula is C15H18FNOS.